The minimum atomic E-state index is 0.482. The molecule has 2 rings (SSSR count). The second-order valence-corrected chi connectivity index (χ2v) is 6.48. The third-order valence-electron chi connectivity index (χ3n) is 4.88. The van der Waals surface area contributed by atoms with Crippen LogP contribution in [0, 0.1) is 31.6 Å². The van der Waals surface area contributed by atoms with Crippen molar-refractivity contribution >= 4 is 0 Å². The van der Waals surface area contributed by atoms with Crippen LogP contribution in [0.25, 0.3) is 0 Å². The molecule has 19 heavy (non-hydrogen) atoms. The zero-order valence-electron chi connectivity index (χ0n) is 13.0. The summed E-state index contributed by atoms with van der Waals surface area (Å²) in [7, 11) is 2.10. The maximum Gasteiger partial charge on any atom is 0.0379 e. The van der Waals surface area contributed by atoms with Crippen LogP contribution in [0.5, 0.6) is 0 Å². The molecule has 0 radical (unpaired) electrons. The van der Waals surface area contributed by atoms with Crippen molar-refractivity contribution in [2.75, 3.05) is 7.05 Å². The third kappa shape index (κ3) is 3.36. The van der Waals surface area contributed by atoms with Crippen molar-refractivity contribution in [2.45, 2.75) is 53.0 Å². The normalized spacial score (nSPS) is 29.2. The van der Waals surface area contributed by atoms with Gasteiger partial charge in [-0.15, -0.1) is 0 Å². The molecule has 4 unspecified atom stereocenters. The Morgan fingerprint density at radius 2 is 1.74 bits per heavy atom. The summed E-state index contributed by atoms with van der Waals surface area (Å²) in [5, 5.41) is 3.55. The van der Waals surface area contributed by atoms with Gasteiger partial charge in [-0.25, -0.2) is 0 Å². The zero-order chi connectivity index (χ0) is 14.0. The van der Waals surface area contributed by atoms with Crippen LogP contribution in [0.1, 0.15) is 56.1 Å². The molecule has 0 bridgehead atoms. The lowest BCUT2D eigenvalue weighted by atomic mass is 9.72. The highest BCUT2D eigenvalue weighted by Gasteiger charge is 2.30. The van der Waals surface area contributed by atoms with Gasteiger partial charge in [0, 0.05) is 17.4 Å². The summed E-state index contributed by atoms with van der Waals surface area (Å²) in [6.45, 7) is 8.99. The molecule has 2 heteroatoms. The van der Waals surface area contributed by atoms with Crippen LogP contribution in [0.3, 0.4) is 0 Å². The number of rotatable bonds is 3. The average Bonchev–Trinajstić information content (AvgIpc) is 2.33. The van der Waals surface area contributed by atoms with Gasteiger partial charge in [0.15, 0.2) is 0 Å². The Labute approximate surface area is 118 Å². The SMILES string of the molecule is CNC(c1cc(C)nc(C)c1)C1CCC(C)C(C)C1. The van der Waals surface area contributed by atoms with Crippen molar-refractivity contribution in [1.82, 2.24) is 10.3 Å². The summed E-state index contributed by atoms with van der Waals surface area (Å²) < 4.78 is 0. The van der Waals surface area contributed by atoms with E-state index in [0.29, 0.717) is 6.04 Å². The van der Waals surface area contributed by atoms with E-state index in [-0.39, 0.29) is 0 Å². The molecule has 2 nitrogen and oxygen atoms in total. The van der Waals surface area contributed by atoms with Crippen LogP contribution in [0.15, 0.2) is 12.1 Å². The fourth-order valence-corrected chi connectivity index (χ4v) is 3.61. The van der Waals surface area contributed by atoms with Gasteiger partial charge in [0.1, 0.15) is 0 Å². The van der Waals surface area contributed by atoms with E-state index in [9.17, 15) is 0 Å². The maximum atomic E-state index is 4.50. The van der Waals surface area contributed by atoms with Gasteiger partial charge >= 0.3 is 0 Å². The van der Waals surface area contributed by atoms with Crippen LogP contribution < -0.4 is 5.32 Å². The number of hydrogen-bond acceptors (Lipinski definition) is 2. The van der Waals surface area contributed by atoms with Gasteiger partial charge in [-0.05, 0) is 69.2 Å². The molecule has 1 saturated carbocycles. The van der Waals surface area contributed by atoms with E-state index in [2.05, 4.69) is 57.2 Å². The Morgan fingerprint density at radius 1 is 1.11 bits per heavy atom. The van der Waals surface area contributed by atoms with Crippen LogP contribution in [-0.2, 0) is 0 Å². The lowest BCUT2D eigenvalue weighted by Gasteiger charge is -2.37. The van der Waals surface area contributed by atoms with E-state index in [4.69, 9.17) is 0 Å². The first-order valence-corrected chi connectivity index (χ1v) is 7.63. The van der Waals surface area contributed by atoms with E-state index in [1.807, 2.05) is 0 Å². The van der Waals surface area contributed by atoms with Gasteiger partial charge in [-0.2, -0.15) is 0 Å². The molecule has 0 aromatic carbocycles. The van der Waals surface area contributed by atoms with Crippen LogP contribution in [0.4, 0.5) is 0 Å². The highest BCUT2D eigenvalue weighted by molar-refractivity contribution is 5.24. The monoisotopic (exact) mass is 260 g/mol. The lowest BCUT2D eigenvalue weighted by Crippen LogP contribution is -2.31. The standard InChI is InChI=1S/C17H28N2/c1-11-6-7-15(8-12(11)2)17(18-5)16-9-13(3)19-14(4)10-16/h9-12,15,17-18H,6-8H2,1-5H3. The molecule has 1 aromatic heterocycles. The molecule has 1 fully saturated rings. The summed E-state index contributed by atoms with van der Waals surface area (Å²) in [6, 6.07) is 4.98. The molecule has 0 aliphatic heterocycles. The van der Waals surface area contributed by atoms with Gasteiger partial charge in [0.05, 0.1) is 0 Å². The number of aromatic nitrogens is 1. The van der Waals surface area contributed by atoms with Gasteiger partial charge in [0.2, 0.25) is 0 Å². The number of hydrogen-bond donors (Lipinski definition) is 1. The Hall–Kier alpha value is -0.890. The molecule has 1 aromatic rings. The molecule has 0 spiro atoms. The van der Waals surface area contributed by atoms with E-state index in [0.717, 1.165) is 29.1 Å². The van der Waals surface area contributed by atoms with E-state index in [1.54, 1.807) is 0 Å². The largest absolute Gasteiger partial charge is 0.313 e. The Balaban J connectivity index is 2.19. The smallest absolute Gasteiger partial charge is 0.0379 e. The fraction of sp³-hybridized carbons (Fsp3) is 0.706. The van der Waals surface area contributed by atoms with Crippen molar-refractivity contribution in [3.8, 4) is 0 Å². The van der Waals surface area contributed by atoms with Crippen molar-refractivity contribution in [2.24, 2.45) is 17.8 Å². The second-order valence-electron chi connectivity index (χ2n) is 6.48. The first-order valence-electron chi connectivity index (χ1n) is 7.63. The van der Waals surface area contributed by atoms with Crippen molar-refractivity contribution in [3.05, 3.63) is 29.1 Å². The Bertz CT molecular complexity index is 407. The minimum Gasteiger partial charge on any atom is -0.313 e. The van der Waals surface area contributed by atoms with Crippen LogP contribution >= 0.6 is 0 Å². The van der Waals surface area contributed by atoms with Crippen molar-refractivity contribution in [1.29, 1.82) is 0 Å². The quantitative estimate of drug-likeness (QED) is 0.887. The predicted octanol–water partition coefficient (Wildman–Crippen LogP) is 4.03. The summed E-state index contributed by atoms with van der Waals surface area (Å²) in [5.74, 6) is 2.49. The average molecular weight is 260 g/mol. The minimum absolute atomic E-state index is 0.482. The lowest BCUT2D eigenvalue weighted by molar-refractivity contribution is 0.174. The molecule has 1 aliphatic carbocycles. The summed E-state index contributed by atoms with van der Waals surface area (Å²) in [5.41, 5.74) is 3.68. The van der Waals surface area contributed by atoms with Crippen molar-refractivity contribution in [3.63, 3.8) is 0 Å². The Morgan fingerprint density at radius 3 is 2.26 bits per heavy atom. The highest BCUT2D eigenvalue weighted by Crippen LogP contribution is 2.39. The molecule has 4 atom stereocenters. The van der Waals surface area contributed by atoms with Crippen LogP contribution in [0.2, 0.25) is 0 Å². The van der Waals surface area contributed by atoms with E-state index >= 15 is 0 Å². The molecule has 1 N–H and O–H groups in total. The summed E-state index contributed by atoms with van der Waals surface area (Å²) in [6.07, 6.45) is 4.05. The molecule has 0 amide bonds. The van der Waals surface area contributed by atoms with Gasteiger partial charge < -0.3 is 5.32 Å². The predicted molar refractivity (Wildman–Crippen MR) is 81.2 cm³/mol. The number of pyridine rings is 1. The number of aryl methyl sites for hydroxylation is 2. The van der Waals surface area contributed by atoms with Gasteiger partial charge in [0.25, 0.3) is 0 Å². The number of nitrogens with one attached hydrogen (secondary N) is 1. The van der Waals surface area contributed by atoms with Crippen molar-refractivity contribution < 1.29 is 0 Å². The molecule has 106 valence electrons. The molecular formula is C17H28N2. The Kier molecular flexibility index (Phi) is 4.62. The summed E-state index contributed by atoms with van der Waals surface area (Å²) in [4.78, 5) is 4.50. The highest BCUT2D eigenvalue weighted by atomic mass is 14.9. The molecule has 0 saturated heterocycles. The topological polar surface area (TPSA) is 24.9 Å². The van der Waals surface area contributed by atoms with E-state index in [1.165, 1.54) is 24.8 Å². The van der Waals surface area contributed by atoms with Gasteiger partial charge in [-0.3, -0.25) is 4.98 Å². The fourth-order valence-electron chi connectivity index (χ4n) is 3.61. The maximum absolute atomic E-state index is 4.50. The molecular weight excluding hydrogens is 232 g/mol. The first-order chi connectivity index (χ1) is 9.01. The zero-order valence-corrected chi connectivity index (χ0v) is 13.0. The second kappa shape index (κ2) is 6.04. The summed E-state index contributed by atoms with van der Waals surface area (Å²) >= 11 is 0. The van der Waals surface area contributed by atoms with E-state index < -0.39 is 0 Å². The molecule has 1 heterocycles. The van der Waals surface area contributed by atoms with Crippen LogP contribution in [-0.4, -0.2) is 12.0 Å². The van der Waals surface area contributed by atoms with Gasteiger partial charge in [-0.1, -0.05) is 20.3 Å². The first kappa shape index (κ1) is 14.5. The molecule has 1 aliphatic rings. The number of nitrogens with zero attached hydrogens (tertiary/aromatic N) is 1. The third-order valence-corrected chi connectivity index (χ3v) is 4.88.